The maximum absolute atomic E-state index is 12.5. The van der Waals surface area contributed by atoms with Crippen molar-refractivity contribution in [2.45, 2.75) is 13.8 Å². The number of amides is 2. The van der Waals surface area contributed by atoms with Gasteiger partial charge in [0.2, 0.25) is 11.8 Å². The van der Waals surface area contributed by atoms with E-state index in [9.17, 15) is 9.59 Å². The number of aromatic nitrogens is 1. The molecule has 2 aromatic rings. The number of anilines is 1. The highest BCUT2D eigenvalue weighted by atomic mass is 32.1. The molecule has 2 amide bonds. The van der Waals surface area contributed by atoms with Crippen molar-refractivity contribution in [3.8, 4) is 11.3 Å². The molecule has 3 heterocycles. The van der Waals surface area contributed by atoms with Crippen molar-refractivity contribution in [1.82, 2.24) is 19.7 Å². The minimum atomic E-state index is -0.0703. The Morgan fingerprint density at radius 3 is 2.44 bits per heavy atom. The van der Waals surface area contributed by atoms with Gasteiger partial charge in [-0.25, -0.2) is 4.98 Å². The number of ether oxygens (including phenoxy) is 1. The SMILES string of the molecule is Cc1ccc(-c2csc(NC(=O)CN3CCN(C(=O)CN4CCOCC4)CC3)n2)cc1C. The molecule has 1 aromatic heterocycles. The van der Waals surface area contributed by atoms with E-state index in [2.05, 4.69) is 52.1 Å². The van der Waals surface area contributed by atoms with Crippen molar-refractivity contribution in [3.63, 3.8) is 0 Å². The maximum atomic E-state index is 12.5. The number of nitrogens with one attached hydrogen (secondary N) is 1. The smallest absolute Gasteiger partial charge is 0.240 e. The van der Waals surface area contributed by atoms with Crippen LogP contribution in [-0.2, 0) is 14.3 Å². The molecule has 2 saturated heterocycles. The average molecular weight is 458 g/mol. The quantitative estimate of drug-likeness (QED) is 0.713. The lowest BCUT2D eigenvalue weighted by atomic mass is 10.1. The van der Waals surface area contributed by atoms with Gasteiger partial charge in [0, 0.05) is 50.2 Å². The molecule has 4 rings (SSSR count). The third kappa shape index (κ3) is 5.92. The normalized spacial score (nSPS) is 18.0. The summed E-state index contributed by atoms with van der Waals surface area (Å²) in [5.41, 5.74) is 4.41. The third-order valence-corrected chi connectivity index (χ3v) is 6.87. The summed E-state index contributed by atoms with van der Waals surface area (Å²) < 4.78 is 5.34. The van der Waals surface area contributed by atoms with E-state index in [0.29, 0.717) is 57.6 Å². The van der Waals surface area contributed by atoms with Gasteiger partial charge in [0.1, 0.15) is 0 Å². The van der Waals surface area contributed by atoms with Crippen LogP contribution in [0.15, 0.2) is 23.6 Å². The summed E-state index contributed by atoms with van der Waals surface area (Å²) in [7, 11) is 0. The highest BCUT2D eigenvalue weighted by Gasteiger charge is 2.24. The zero-order valence-corrected chi connectivity index (χ0v) is 19.6. The highest BCUT2D eigenvalue weighted by Crippen LogP contribution is 2.26. The molecular formula is C23H31N5O3S. The number of hydrogen-bond donors (Lipinski definition) is 1. The standard InChI is InChI=1S/C23H31N5O3S/c1-17-3-4-19(13-18(17)2)20-16-32-23(24-20)25-21(29)14-26-5-7-28(8-6-26)22(30)15-27-9-11-31-12-10-27/h3-4,13,16H,5-12,14-15H2,1-2H3,(H,24,25,29). The number of thiazole rings is 1. The number of rotatable bonds is 6. The van der Waals surface area contributed by atoms with Crippen LogP contribution < -0.4 is 5.32 Å². The largest absolute Gasteiger partial charge is 0.379 e. The zero-order chi connectivity index (χ0) is 22.5. The molecule has 0 unspecified atom stereocenters. The van der Waals surface area contributed by atoms with Crippen LogP contribution in [0.5, 0.6) is 0 Å². The van der Waals surface area contributed by atoms with Gasteiger partial charge in [0.25, 0.3) is 0 Å². The summed E-state index contributed by atoms with van der Waals surface area (Å²) in [5.74, 6) is 0.0942. The minimum Gasteiger partial charge on any atom is -0.379 e. The lowest BCUT2D eigenvalue weighted by Gasteiger charge is -2.36. The van der Waals surface area contributed by atoms with Crippen LogP contribution in [0.4, 0.5) is 5.13 Å². The van der Waals surface area contributed by atoms with Crippen LogP contribution in [0.1, 0.15) is 11.1 Å². The Kier molecular flexibility index (Phi) is 7.51. The van der Waals surface area contributed by atoms with E-state index < -0.39 is 0 Å². The number of carbonyl (C=O) groups is 2. The minimum absolute atomic E-state index is 0.0703. The van der Waals surface area contributed by atoms with Gasteiger partial charge in [-0.1, -0.05) is 12.1 Å². The summed E-state index contributed by atoms with van der Waals surface area (Å²) >= 11 is 1.44. The van der Waals surface area contributed by atoms with E-state index in [-0.39, 0.29) is 11.8 Å². The zero-order valence-electron chi connectivity index (χ0n) is 18.8. The fourth-order valence-corrected chi connectivity index (χ4v) is 4.67. The molecule has 0 spiro atoms. The molecule has 1 aromatic carbocycles. The number of nitrogens with zero attached hydrogens (tertiary/aromatic N) is 4. The van der Waals surface area contributed by atoms with Gasteiger partial charge in [-0.3, -0.25) is 19.4 Å². The molecular weight excluding hydrogens is 426 g/mol. The lowest BCUT2D eigenvalue weighted by Crippen LogP contribution is -2.53. The molecule has 2 fully saturated rings. The molecule has 0 atom stereocenters. The first-order valence-electron chi connectivity index (χ1n) is 11.1. The summed E-state index contributed by atoms with van der Waals surface area (Å²) in [6, 6.07) is 6.27. The van der Waals surface area contributed by atoms with E-state index >= 15 is 0 Å². The predicted molar refractivity (Wildman–Crippen MR) is 126 cm³/mol. The van der Waals surface area contributed by atoms with Crippen LogP contribution in [-0.4, -0.2) is 97.1 Å². The third-order valence-electron chi connectivity index (χ3n) is 6.11. The summed E-state index contributed by atoms with van der Waals surface area (Å²) in [6.45, 7) is 10.7. The maximum Gasteiger partial charge on any atom is 0.240 e. The summed E-state index contributed by atoms with van der Waals surface area (Å²) in [4.78, 5) is 35.8. The monoisotopic (exact) mass is 457 g/mol. The van der Waals surface area contributed by atoms with Gasteiger partial charge < -0.3 is 15.0 Å². The van der Waals surface area contributed by atoms with Crippen LogP contribution in [0.3, 0.4) is 0 Å². The fourth-order valence-electron chi connectivity index (χ4n) is 3.93. The second-order valence-electron chi connectivity index (χ2n) is 8.43. The molecule has 1 N–H and O–H groups in total. The Morgan fingerprint density at radius 1 is 1.00 bits per heavy atom. The van der Waals surface area contributed by atoms with Crippen molar-refractivity contribution in [1.29, 1.82) is 0 Å². The number of benzene rings is 1. The van der Waals surface area contributed by atoms with Gasteiger partial charge in [-0.15, -0.1) is 11.3 Å². The Hall–Kier alpha value is -2.33. The van der Waals surface area contributed by atoms with Gasteiger partial charge in [-0.2, -0.15) is 0 Å². The van der Waals surface area contributed by atoms with Crippen molar-refractivity contribution in [2.24, 2.45) is 0 Å². The average Bonchev–Trinajstić information content (AvgIpc) is 3.25. The number of aryl methyl sites for hydroxylation is 2. The van der Waals surface area contributed by atoms with Crippen molar-refractivity contribution in [2.75, 3.05) is 70.9 Å². The predicted octanol–water partition coefficient (Wildman–Crippen LogP) is 1.84. The molecule has 2 aliphatic rings. The Labute approximate surface area is 193 Å². The first-order valence-corrected chi connectivity index (χ1v) is 12.0. The summed E-state index contributed by atoms with van der Waals surface area (Å²) in [5, 5.41) is 5.51. The molecule has 9 heteroatoms. The van der Waals surface area contributed by atoms with E-state index in [0.717, 1.165) is 24.3 Å². The van der Waals surface area contributed by atoms with Crippen LogP contribution in [0.2, 0.25) is 0 Å². The molecule has 32 heavy (non-hydrogen) atoms. The molecule has 0 aliphatic carbocycles. The number of carbonyl (C=O) groups excluding carboxylic acids is 2. The Bertz CT molecular complexity index is 949. The second-order valence-corrected chi connectivity index (χ2v) is 9.29. The molecule has 172 valence electrons. The Morgan fingerprint density at radius 2 is 1.72 bits per heavy atom. The van der Waals surface area contributed by atoms with Crippen LogP contribution in [0, 0.1) is 13.8 Å². The molecule has 2 aliphatic heterocycles. The van der Waals surface area contributed by atoms with Gasteiger partial charge in [0.05, 0.1) is 32.0 Å². The second kappa shape index (κ2) is 10.5. The highest BCUT2D eigenvalue weighted by molar-refractivity contribution is 7.14. The van der Waals surface area contributed by atoms with Gasteiger partial charge in [0.15, 0.2) is 5.13 Å². The first-order chi connectivity index (χ1) is 15.5. The van der Waals surface area contributed by atoms with Crippen molar-refractivity contribution >= 4 is 28.3 Å². The fraction of sp³-hybridized carbons (Fsp3) is 0.522. The van der Waals surface area contributed by atoms with Gasteiger partial charge in [-0.05, 0) is 31.0 Å². The molecule has 8 nitrogen and oxygen atoms in total. The summed E-state index contributed by atoms with van der Waals surface area (Å²) in [6.07, 6.45) is 0. The van der Waals surface area contributed by atoms with Crippen LogP contribution in [0.25, 0.3) is 11.3 Å². The lowest BCUT2D eigenvalue weighted by molar-refractivity contribution is -0.135. The molecule has 0 radical (unpaired) electrons. The number of hydrogen-bond acceptors (Lipinski definition) is 7. The number of morpholine rings is 1. The topological polar surface area (TPSA) is 78.0 Å². The van der Waals surface area contributed by atoms with E-state index in [1.54, 1.807) is 0 Å². The van der Waals surface area contributed by atoms with Crippen molar-refractivity contribution < 1.29 is 14.3 Å². The van der Waals surface area contributed by atoms with E-state index in [4.69, 9.17) is 4.74 Å². The van der Waals surface area contributed by atoms with Gasteiger partial charge >= 0.3 is 0 Å². The molecule has 0 saturated carbocycles. The van der Waals surface area contributed by atoms with Crippen molar-refractivity contribution in [3.05, 3.63) is 34.7 Å². The molecule has 0 bridgehead atoms. The van der Waals surface area contributed by atoms with E-state index in [1.165, 1.54) is 22.5 Å². The number of piperazine rings is 1. The van der Waals surface area contributed by atoms with E-state index in [1.807, 2.05) is 10.3 Å². The Balaban J connectivity index is 1.22. The first kappa shape index (κ1) is 22.8. The van der Waals surface area contributed by atoms with Crippen LogP contribution >= 0.6 is 11.3 Å².